The molecule has 142 valence electrons. The van der Waals surface area contributed by atoms with E-state index in [1.165, 1.54) is 17.7 Å². The molecule has 0 radical (unpaired) electrons. The average molecular weight is 479 g/mol. The quantitative estimate of drug-likeness (QED) is 0.267. The molecule has 0 aliphatic carbocycles. The zero-order valence-electron chi connectivity index (χ0n) is 15.4. The number of nitrogens with one attached hydrogen (secondary N) is 1. The van der Waals surface area contributed by atoms with Crippen molar-refractivity contribution in [1.29, 1.82) is 0 Å². The third-order valence-electron chi connectivity index (χ3n) is 3.74. The molecule has 0 amide bonds. The van der Waals surface area contributed by atoms with Crippen molar-refractivity contribution in [1.82, 2.24) is 10.2 Å². The zero-order valence-corrected chi connectivity index (χ0v) is 18.6. The van der Waals surface area contributed by atoms with E-state index in [0.29, 0.717) is 13.2 Å². The van der Waals surface area contributed by atoms with Gasteiger partial charge in [0.25, 0.3) is 0 Å². The van der Waals surface area contributed by atoms with Crippen molar-refractivity contribution in [3.63, 3.8) is 0 Å². The predicted molar refractivity (Wildman–Crippen MR) is 118 cm³/mol. The van der Waals surface area contributed by atoms with Crippen LogP contribution in [-0.4, -0.2) is 56.2 Å². The summed E-state index contributed by atoms with van der Waals surface area (Å²) in [5, 5.41) is 3.37. The summed E-state index contributed by atoms with van der Waals surface area (Å²) in [7, 11) is 2.07. The Morgan fingerprint density at radius 2 is 2.00 bits per heavy atom. The van der Waals surface area contributed by atoms with Crippen LogP contribution in [0.15, 0.2) is 23.2 Å². The number of benzene rings is 1. The van der Waals surface area contributed by atoms with Crippen LogP contribution in [0.5, 0.6) is 11.5 Å². The second-order valence-corrected chi connectivity index (χ2v) is 6.76. The molecule has 0 saturated carbocycles. The van der Waals surface area contributed by atoms with Crippen LogP contribution in [-0.2, 0) is 6.54 Å². The van der Waals surface area contributed by atoms with E-state index in [0.717, 1.165) is 43.5 Å². The van der Waals surface area contributed by atoms with Gasteiger partial charge in [0.15, 0.2) is 17.5 Å². The van der Waals surface area contributed by atoms with Crippen molar-refractivity contribution in [3.05, 3.63) is 23.8 Å². The van der Waals surface area contributed by atoms with Gasteiger partial charge in [0.1, 0.15) is 13.2 Å². The number of hydrogen-bond acceptors (Lipinski definition) is 4. The van der Waals surface area contributed by atoms with E-state index in [1.54, 1.807) is 0 Å². The lowest BCUT2D eigenvalue weighted by atomic mass is 10.2. The second-order valence-electron chi connectivity index (χ2n) is 5.77. The van der Waals surface area contributed by atoms with Gasteiger partial charge >= 0.3 is 0 Å². The first-order chi connectivity index (χ1) is 11.7. The molecule has 1 aliphatic heterocycles. The molecule has 1 heterocycles. The largest absolute Gasteiger partial charge is 0.486 e. The average Bonchev–Trinajstić information content (AvgIpc) is 2.60. The van der Waals surface area contributed by atoms with Crippen LogP contribution >= 0.6 is 35.7 Å². The number of rotatable bonds is 8. The van der Waals surface area contributed by atoms with Crippen molar-refractivity contribution in [2.45, 2.75) is 26.3 Å². The Hall–Kier alpha value is -0.830. The molecular weight excluding hydrogens is 449 g/mol. The van der Waals surface area contributed by atoms with Gasteiger partial charge in [-0.15, -0.1) is 24.0 Å². The lowest BCUT2D eigenvalue weighted by Crippen LogP contribution is -2.38. The SMILES string of the molecule is CCNC(=NCCCCSC)N(C)Cc1ccc2c(c1)OCCO2.I. The summed E-state index contributed by atoms with van der Waals surface area (Å²) >= 11 is 1.89. The van der Waals surface area contributed by atoms with Crippen LogP contribution in [0.3, 0.4) is 0 Å². The third kappa shape index (κ3) is 7.52. The molecule has 5 nitrogen and oxygen atoms in total. The van der Waals surface area contributed by atoms with Crippen LogP contribution in [0.4, 0.5) is 0 Å². The summed E-state index contributed by atoms with van der Waals surface area (Å²) in [4.78, 5) is 6.89. The van der Waals surface area contributed by atoms with Gasteiger partial charge in [-0.2, -0.15) is 11.8 Å². The lowest BCUT2D eigenvalue weighted by Gasteiger charge is -2.24. The highest BCUT2D eigenvalue weighted by molar-refractivity contribution is 14.0. The van der Waals surface area contributed by atoms with E-state index >= 15 is 0 Å². The van der Waals surface area contributed by atoms with Gasteiger partial charge in [-0.3, -0.25) is 4.99 Å². The number of unbranched alkanes of at least 4 members (excludes halogenated alkanes) is 1. The van der Waals surface area contributed by atoms with E-state index < -0.39 is 0 Å². The molecule has 7 heteroatoms. The smallest absolute Gasteiger partial charge is 0.193 e. The van der Waals surface area contributed by atoms with Crippen molar-refractivity contribution in [2.75, 3.05) is 45.4 Å². The summed E-state index contributed by atoms with van der Waals surface area (Å²) in [6, 6.07) is 6.14. The van der Waals surface area contributed by atoms with Gasteiger partial charge < -0.3 is 19.7 Å². The number of aliphatic imine (C=N–C) groups is 1. The highest BCUT2D eigenvalue weighted by Gasteiger charge is 2.13. The fraction of sp³-hybridized carbons (Fsp3) is 0.611. The van der Waals surface area contributed by atoms with E-state index in [-0.39, 0.29) is 24.0 Å². The summed E-state index contributed by atoms with van der Waals surface area (Å²) in [5.74, 6) is 3.84. The van der Waals surface area contributed by atoms with E-state index in [9.17, 15) is 0 Å². The molecule has 1 aliphatic rings. The molecule has 1 aromatic rings. The topological polar surface area (TPSA) is 46.1 Å². The van der Waals surface area contributed by atoms with Crippen molar-refractivity contribution < 1.29 is 9.47 Å². The predicted octanol–water partition coefficient (Wildman–Crippen LogP) is 3.62. The fourth-order valence-corrected chi connectivity index (χ4v) is 3.04. The van der Waals surface area contributed by atoms with Crippen molar-refractivity contribution >= 4 is 41.7 Å². The van der Waals surface area contributed by atoms with Gasteiger partial charge in [-0.1, -0.05) is 6.07 Å². The van der Waals surface area contributed by atoms with Crippen LogP contribution in [0.1, 0.15) is 25.3 Å². The standard InChI is InChI=1S/C18H29N3O2S.HI/c1-4-19-18(20-9-5-6-12-24-3)21(2)14-15-7-8-16-17(13-15)23-11-10-22-16;/h7-8,13H,4-6,9-12,14H2,1-3H3,(H,19,20);1H. The van der Waals surface area contributed by atoms with Crippen molar-refractivity contribution in [3.8, 4) is 11.5 Å². The van der Waals surface area contributed by atoms with Crippen LogP contribution in [0, 0.1) is 0 Å². The fourth-order valence-electron chi connectivity index (χ4n) is 2.55. The molecule has 0 aromatic heterocycles. The first kappa shape index (κ1) is 22.2. The van der Waals surface area contributed by atoms with E-state index in [1.807, 2.05) is 17.8 Å². The number of guanidine groups is 1. The van der Waals surface area contributed by atoms with Gasteiger partial charge in [0.2, 0.25) is 0 Å². The Morgan fingerprint density at radius 1 is 1.24 bits per heavy atom. The molecule has 2 rings (SSSR count). The third-order valence-corrected chi connectivity index (χ3v) is 4.44. The van der Waals surface area contributed by atoms with Crippen LogP contribution in [0.25, 0.3) is 0 Å². The van der Waals surface area contributed by atoms with Gasteiger partial charge in [0.05, 0.1) is 0 Å². The molecule has 0 saturated heterocycles. The molecule has 1 N–H and O–H groups in total. The summed E-state index contributed by atoms with van der Waals surface area (Å²) < 4.78 is 11.2. The Morgan fingerprint density at radius 3 is 2.72 bits per heavy atom. The normalized spacial score (nSPS) is 13.2. The number of nitrogens with zero attached hydrogens (tertiary/aromatic N) is 2. The molecular formula is C18H30IN3O2S. The summed E-state index contributed by atoms with van der Waals surface area (Å²) in [5.41, 5.74) is 1.19. The molecule has 0 atom stereocenters. The summed E-state index contributed by atoms with van der Waals surface area (Å²) in [6.07, 6.45) is 4.50. The first-order valence-corrected chi connectivity index (χ1v) is 10.0. The maximum Gasteiger partial charge on any atom is 0.193 e. The Kier molecular flexibility index (Phi) is 11.1. The van der Waals surface area contributed by atoms with Gasteiger partial charge in [0, 0.05) is 26.7 Å². The number of fused-ring (bicyclic) bond motifs is 1. The minimum absolute atomic E-state index is 0. The van der Waals surface area contributed by atoms with Gasteiger partial charge in [-0.05, 0) is 49.5 Å². The maximum atomic E-state index is 5.66. The first-order valence-electron chi connectivity index (χ1n) is 8.61. The minimum Gasteiger partial charge on any atom is -0.486 e. The van der Waals surface area contributed by atoms with Crippen molar-refractivity contribution in [2.24, 2.45) is 4.99 Å². The van der Waals surface area contributed by atoms with Crippen LogP contribution in [0.2, 0.25) is 0 Å². The number of halogens is 1. The monoisotopic (exact) mass is 479 g/mol. The van der Waals surface area contributed by atoms with E-state index in [2.05, 4.69) is 42.6 Å². The zero-order chi connectivity index (χ0) is 17.2. The molecule has 1 aromatic carbocycles. The van der Waals surface area contributed by atoms with E-state index in [4.69, 9.17) is 14.5 Å². The Labute approximate surface area is 173 Å². The summed E-state index contributed by atoms with van der Waals surface area (Å²) in [6.45, 7) is 5.87. The molecule has 0 unspecified atom stereocenters. The molecule has 0 spiro atoms. The number of ether oxygens (including phenoxy) is 2. The molecule has 25 heavy (non-hydrogen) atoms. The Bertz CT molecular complexity index is 543. The molecule has 0 fully saturated rings. The molecule has 0 bridgehead atoms. The van der Waals surface area contributed by atoms with Crippen LogP contribution < -0.4 is 14.8 Å². The van der Waals surface area contributed by atoms with Gasteiger partial charge in [-0.25, -0.2) is 0 Å². The number of hydrogen-bond donors (Lipinski definition) is 1. The second kappa shape index (κ2) is 12.5. The maximum absolute atomic E-state index is 5.66. The minimum atomic E-state index is 0. The highest BCUT2D eigenvalue weighted by Crippen LogP contribution is 2.31. The highest BCUT2D eigenvalue weighted by atomic mass is 127. The lowest BCUT2D eigenvalue weighted by molar-refractivity contribution is 0.171. The number of thioether (sulfide) groups is 1. The Balaban J connectivity index is 0.00000312.